The average molecular weight is 538 g/mol. The van der Waals surface area contributed by atoms with Crippen molar-refractivity contribution in [3.63, 3.8) is 0 Å². The number of nitrogens with one attached hydrogen (secondary N) is 2. The molecule has 0 aliphatic heterocycles. The topological polar surface area (TPSA) is 75.5 Å². The van der Waals surface area contributed by atoms with Crippen LogP contribution in [0.2, 0.25) is 0 Å². The van der Waals surface area contributed by atoms with E-state index in [0.29, 0.717) is 11.3 Å². The van der Waals surface area contributed by atoms with Crippen molar-refractivity contribution >= 4 is 67.6 Å². The van der Waals surface area contributed by atoms with E-state index < -0.39 is 0 Å². The van der Waals surface area contributed by atoms with Crippen molar-refractivity contribution < 1.29 is 9.59 Å². The highest BCUT2D eigenvalue weighted by Crippen LogP contribution is 2.31. The first-order valence-electron chi connectivity index (χ1n) is 10.4. The van der Waals surface area contributed by atoms with Gasteiger partial charge in [0.1, 0.15) is 0 Å². The van der Waals surface area contributed by atoms with Gasteiger partial charge in [-0.1, -0.05) is 24.3 Å². The number of hydrazone groups is 1. The highest BCUT2D eigenvalue weighted by Gasteiger charge is 2.12. The fourth-order valence-corrected chi connectivity index (χ4v) is 4.33. The molecule has 162 valence electrons. The van der Waals surface area contributed by atoms with Crippen molar-refractivity contribution in [2.24, 2.45) is 5.10 Å². The number of rotatable bonds is 6. The summed E-state index contributed by atoms with van der Waals surface area (Å²) in [6.45, 7) is 4.72. The van der Waals surface area contributed by atoms with Crippen molar-refractivity contribution in [2.75, 3.05) is 5.32 Å². The largest absolute Gasteiger partial charge is 0.341 e. The first-order chi connectivity index (χ1) is 15.5. The Morgan fingerprint density at radius 2 is 1.75 bits per heavy atom. The molecule has 0 bridgehead atoms. The normalized spacial score (nSPS) is 11.7. The molecule has 7 heteroatoms. The molecule has 32 heavy (non-hydrogen) atoms. The van der Waals surface area contributed by atoms with Gasteiger partial charge < -0.3 is 9.88 Å². The molecule has 0 saturated heterocycles. The lowest BCUT2D eigenvalue weighted by Gasteiger charge is -2.07. The number of halogens is 1. The van der Waals surface area contributed by atoms with Gasteiger partial charge in [-0.2, -0.15) is 5.10 Å². The summed E-state index contributed by atoms with van der Waals surface area (Å²) in [5.74, 6) is -0.491. The van der Waals surface area contributed by atoms with Crippen molar-refractivity contribution in [1.82, 2.24) is 9.99 Å². The zero-order chi connectivity index (χ0) is 22.7. The van der Waals surface area contributed by atoms with E-state index in [1.807, 2.05) is 42.5 Å². The molecule has 1 heterocycles. The van der Waals surface area contributed by atoms with E-state index in [1.54, 1.807) is 19.1 Å². The predicted molar refractivity (Wildman–Crippen MR) is 138 cm³/mol. The van der Waals surface area contributed by atoms with Gasteiger partial charge in [0.05, 0.1) is 6.42 Å². The standard InChI is InChI=1S/C25H23IN4O2/c1-3-30-22-10-5-4-9-20(22)21-15-19(11-12-23(21)30)27-24(31)13-16(2)28-29-25(32)17-7-6-8-18(26)14-17/h4-12,14-15H,3,13H2,1-2H3,(H,27,31)(H,29,32). The number of hydrogen-bond acceptors (Lipinski definition) is 3. The van der Waals surface area contributed by atoms with Gasteiger partial charge >= 0.3 is 0 Å². The Kier molecular flexibility index (Phi) is 6.55. The lowest BCUT2D eigenvalue weighted by Crippen LogP contribution is -2.21. The van der Waals surface area contributed by atoms with Crippen LogP contribution in [0.1, 0.15) is 30.6 Å². The molecule has 2 N–H and O–H groups in total. The maximum absolute atomic E-state index is 12.5. The van der Waals surface area contributed by atoms with E-state index in [0.717, 1.165) is 32.1 Å². The van der Waals surface area contributed by atoms with Gasteiger partial charge in [-0.25, -0.2) is 5.43 Å². The minimum absolute atomic E-state index is 0.0847. The van der Waals surface area contributed by atoms with Gasteiger partial charge in [-0.05, 0) is 78.9 Å². The van der Waals surface area contributed by atoms with Crippen LogP contribution in [-0.2, 0) is 11.3 Å². The SMILES string of the molecule is CCn1c2ccccc2c2cc(NC(=O)CC(C)=NNC(=O)c3cccc(I)c3)ccc21. The second kappa shape index (κ2) is 9.52. The van der Waals surface area contributed by atoms with Crippen LogP contribution in [-0.4, -0.2) is 22.1 Å². The highest BCUT2D eigenvalue weighted by atomic mass is 127. The number of nitrogens with zero attached hydrogens (tertiary/aromatic N) is 2. The number of carbonyl (C=O) groups excluding carboxylic acids is 2. The maximum Gasteiger partial charge on any atom is 0.271 e. The van der Waals surface area contributed by atoms with Crippen LogP contribution in [0, 0.1) is 3.57 Å². The van der Waals surface area contributed by atoms with Crippen molar-refractivity contribution in [1.29, 1.82) is 0 Å². The molecule has 4 rings (SSSR count). The Balaban J connectivity index is 1.45. The summed E-state index contributed by atoms with van der Waals surface area (Å²) in [5.41, 5.74) is 6.61. The van der Waals surface area contributed by atoms with Crippen molar-refractivity contribution in [2.45, 2.75) is 26.8 Å². The molecule has 4 aromatic rings. The number of anilines is 1. The summed E-state index contributed by atoms with van der Waals surface area (Å²) in [6, 6.07) is 21.5. The highest BCUT2D eigenvalue weighted by molar-refractivity contribution is 14.1. The average Bonchev–Trinajstić information content (AvgIpc) is 3.10. The van der Waals surface area contributed by atoms with Gasteiger partial charge in [0.2, 0.25) is 5.91 Å². The molecule has 0 aliphatic carbocycles. The van der Waals surface area contributed by atoms with Gasteiger partial charge in [0.15, 0.2) is 0 Å². The van der Waals surface area contributed by atoms with E-state index in [2.05, 4.69) is 62.1 Å². The Morgan fingerprint density at radius 1 is 0.969 bits per heavy atom. The first kappa shape index (κ1) is 22.0. The summed E-state index contributed by atoms with van der Waals surface area (Å²) in [6.07, 6.45) is 0.0847. The number of carbonyl (C=O) groups is 2. The molecular weight excluding hydrogens is 515 g/mol. The number of benzene rings is 3. The molecule has 1 aromatic heterocycles. The van der Waals surface area contributed by atoms with Gasteiger partial charge in [0, 0.05) is 48.9 Å². The smallest absolute Gasteiger partial charge is 0.271 e. The Labute approximate surface area is 199 Å². The molecule has 0 fully saturated rings. The van der Waals surface area contributed by atoms with Crippen LogP contribution in [0.5, 0.6) is 0 Å². The Morgan fingerprint density at radius 3 is 2.53 bits per heavy atom. The van der Waals surface area contributed by atoms with Gasteiger partial charge in [-0.3, -0.25) is 9.59 Å². The van der Waals surface area contributed by atoms with Crippen LogP contribution in [0.3, 0.4) is 0 Å². The molecular formula is C25H23IN4O2. The minimum Gasteiger partial charge on any atom is -0.341 e. The zero-order valence-corrected chi connectivity index (χ0v) is 20.0. The van der Waals surface area contributed by atoms with E-state index in [9.17, 15) is 9.59 Å². The molecule has 2 amide bonds. The molecule has 3 aromatic carbocycles. The number of amides is 2. The third kappa shape index (κ3) is 4.67. The van der Waals surface area contributed by atoms with E-state index >= 15 is 0 Å². The van der Waals surface area contributed by atoms with E-state index in [1.165, 1.54) is 5.52 Å². The summed E-state index contributed by atoms with van der Waals surface area (Å²) >= 11 is 2.15. The summed E-state index contributed by atoms with van der Waals surface area (Å²) in [7, 11) is 0. The first-order valence-corrected chi connectivity index (χ1v) is 11.4. The minimum atomic E-state index is -0.305. The number of fused-ring (bicyclic) bond motifs is 3. The fraction of sp³-hybridized carbons (Fsp3) is 0.160. The number of aryl methyl sites for hydroxylation is 1. The van der Waals surface area contributed by atoms with Crippen molar-refractivity contribution in [3.8, 4) is 0 Å². The van der Waals surface area contributed by atoms with Crippen LogP contribution in [0.4, 0.5) is 5.69 Å². The van der Waals surface area contributed by atoms with Crippen LogP contribution in [0.25, 0.3) is 21.8 Å². The molecule has 0 atom stereocenters. The van der Waals surface area contributed by atoms with Crippen molar-refractivity contribution in [3.05, 3.63) is 75.9 Å². The van der Waals surface area contributed by atoms with E-state index in [-0.39, 0.29) is 18.2 Å². The molecule has 0 radical (unpaired) electrons. The maximum atomic E-state index is 12.5. The molecule has 0 unspecified atom stereocenters. The summed E-state index contributed by atoms with van der Waals surface area (Å²) < 4.78 is 3.23. The second-order valence-electron chi connectivity index (χ2n) is 7.52. The fourth-order valence-electron chi connectivity index (χ4n) is 3.79. The summed E-state index contributed by atoms with van der Waals surface area (Å²) in [4.78, 5) is 24.7. The predicted octanol–water partition coefficient (Wildman–Crippen LogP) is 5.55. The summed E-state index contributed by atoms with van der Waals surface area (Å²) in [5, 5.41) is 9.28. The number of hydrogen-bond donors (Lipinski definition) is 2. The lowest BCUT2D eigenvalue weighted by atomic mass is 10.1. The van der Waals surface area contributed by atoms with Crippen LogP contribution < -0.4 is 10.7 Å². The lowest BCUT2D eigenvalue weighted by molar-refractivity contribution is -0.115. The monoisotopic (exact) mass is 538 g/mol. The molecule has 6 nitrogen and oxygen atoms in total. The van der Waals surface area contributed by atoms with E-state index in [4.69, 9.17) is 0 Å². The molecule has 0 saturated carbocycles. The number of para-hydroxylation sites is 1. The van der Waals surface area contributed by atoms with Crippen LogP contribution >= 0.6 is 22.6 Å². The molecule has 0 aliphatic rings. The third-order valence-corrected chi connectivity index (χ3v) is 5.89. The van der Waals surface area contributed by atoms with Gasteiger partial charge in [0.25, 0.3) is 5.91 Å². The Bertz CT molecular complexity index is 1360. The third-order valence-electron chi connectivity index (χ3n) is 5.22. The quantitative estimate of drug-likeness (QED) is 0.192. The van der Waals surface area contributed by atoms with Crippen LogP contribution in [0.15, 0.2) is 71.8 Å². The second-order valence-corrected chi connectivity index (χ2v) is 8.76. The Hall–Kier alpha value is -3.20. The van der Waals surface area contributed by atoms with Gasteiger partial charge in [-0.15, -0.1) is 0 Å². The number of aromatic nitrogens is 1. The molecule has 0 spiro atoms. The zero-order valence-electron chi connectivity index (χ0n) is 17.9.